The Bertz CT molecular complexity index is 483. The van der Waals surface area contributed by atoms with Crippen molar-refractivity contribution in [1.29, 1.82) is 0 Å². The van der Waals surface area contributed by atoms with Gasteiger partial charge in [-0.15, -0.1) is 0 Å². The molecule has 1 rings (SSSR count). The second-order valence-electron chi connectivity index (χ2n) is 5.96. The fourth-order valence-corrected chi connectivity index (χ4v) is 2.15. The van der Waals surface area contributed by atoms with Crippen LogP contribution in [-0.4, -0.2) is 17.9 Å². The van der Waals surface area contributed by atoms with Gasteiger partial charge in [0.2, 0.25) is 5.91 Å². The van der Waals surface area contributed by atoms with Crippen molar-refractivity contribution < 1.29 is 9.59 Å². The Labute approximate surface area is 127 Å². The monoisotopic (exact) mass is 290 g/mol. The number of carbonyl (C=O) groups is 2. The quantitative estimate of drug-likeness (QED) is 0.806. The van der Waals surface area contributed by atoms with Gasteiger partial charge in [-0.05, 0) is 37.5 Å². The highest BCUT2D eigenvalue weighted by Crippen LogP contribution is 2.12. The normalized spacial score (nSPS) is 12.0. The summed E-state index contributed by atoms with van der Waals surface area (Å²) in [6.07, 6.45) is 3.28. The van der Waals surface area contributed by atoms with E-state index in [0.717, 1.165) is 12.8 Å². The van der Waals surface area contributed by atoms with E-state index < -0.39 is 0 Å². The van der Waals surface area contributed by atoms with Crippen molar-refractivity contribution in [1.82, 2.24) is 5.32 Å². The number of hydrogen-bond acceptors (Lipinski definition) is 2. The third-order valence-corrected chi connectivity index (χ3v) is 3.24. The maximum atomic E-state index is 12.2. The molecule has 0 aromatic heterocycles. The van der Waals surface area contributed by atoms with Crippen LogP contribution in [0.5, 0.6) is 0 Å². The molecule has 0 fully saturated rings. The van der Waals surface area contributed by atoms with Gasteiger partial charge in [-0.1, -0.05) is 32.8 Å². The zero-order valence-corrected chi connectivity index (χ0v) is 13.4. The van der Waals surface area contributed by atoms with Crippen LogP contribution in [0.15, 0.2) is 24.3 Å². The summed E-state index contributed by atoms with van der Waals surface area (Å²) in [5.41, 5.74) is 1.21. The summed E-state index contributed by atoms with van der Waals surface area (Å²) < 4.78 is 0. The molecule has 21 heavy (non-hydrogen) atoms. The van der Waals surface area contributed by atoms with Crippen molar-refractivity contribution in [3.8, 4) is 0 Å². The largest absolute Gasteiger partial charge is 0.350 e. The molecule has 2 amide bonds. The molecule has 0 saturated carbocycles. The van der Waals surface area contributed by atoms with Crippen LogP contribution in [-0.2, 0) is 4.79 Å². The van der Waals surface area contributed by atoms with Crippen molar-refractivity contribution in [2.45, 2.75) is 53.0 Å². The lowest BCUT2D eigenvalue weighted by Crippen LogP contribution is -2.32. The first-order valence-corrected chi connectivity index (χ1v) is 7.57. The standard InChI is InChI=1S/C17H26N2O2/c1-12(2)7-5-8-13(3)18-17(21)15-9-6-10-16(11-15)19-14(4)20/h6,9-13H,5,7-8H2,1-4H3,(H,18,21)(H,19,20). The lowest BCUT2D eigenvalue weighted by molar-refractivity contribution is -0.114. The Balaban J connectivity index is 2.52. The molecular formula is C17H26N2O2. The number of amides is 2. The van der Waals surface area contributed by atoms with E-state index in [9.17, 15) is 9.59 Å². The molecule has 0 aliphatic carbocycles. The Morgan fingerprint density at radius 2 is 1.86 bits per heavy atom. The fourth-order valence-electron chi connectivity index (χ4n) is 2.15. The second-order valence-corrected chi connectivity index (χ2v) is 5.96. The van der Waals surface area contributed by atoms with E-state index in [0.29, 0.717) is 17.2 Å². The summed E-state index contributed by atoms with van der Waals surface area (Å²) in [5, 5.41) is 5.68. The maximum Gasteiger partial charge on any atom is 0.251 e. The summed E-state index contributed by atoms with van der Waals surface area (Å²) in [6.45, 7) is 7.88. The van der Waals surface area contributed by atoms with Crippen LogP contribution in [0, 0.1) is 5.92 Å². The zero-order valence-electron chi connectivity index (χ0n) is 13.4. The van der Waals surface area contributed by atoms with Gasteiger partial charge in [0.15, 0.2) is 0 Å². The summed E-state index contributed by atoms with van der Waals surface area (Å²) in [5.74, 6) is 0.455. The van der Waals surface area contributed by atoms with Crippen LogP contribution in [0.4, 0.5) is 5.69 Å². The molecule has 1 aromatic rings. The van der Waals surface area contributed by atoms with Crippen molar-refractivity contribution in [2.24, 2.45) is 5.92 Å². The molecule has 0 aliphatic rings. The summed E-state index contributed by atoms with van der Waals surface area (Å²) >= 11 is 0. The van der Waals surface area contributed by atoms with Crippen molar-refractivity contribution in [2.75, 3.05) is 5.32 Å². The van der Waals surface area contributed by atoms with Crippen molar-refractivity contribution in [3.63, 3.8) is 0 Å². The molecule has 0 spiro atoms. The molecule has 4 nitrogen and oxygen atoms in total. The minimum absolute atomic E-state index is 0.0979. The topological polar surface area (TPSA) is 58.2 Å². The van der Waals surface area contributed by atoms with Crippen LogP contribution < -0.4 is 10.6 Å². The molecule has 2 N–H and O–H groups in total. The van der Waals surface area contributed by atoms with Gasteiger partial charge >= 0.3 is 0 Å². The minimum Gasteiger partial charge on any atom is -0.350 e. The Morgan fingerprint density at radius 3 is 2.48 bits per heavy atom. The van der Waals surface area contributed by atoms with Gasteiger partial charge in [0, 0.05) is 24.2 Å². The van der Waals surface area contributed by atoms with Gasteiger partial charge < -0.3 is 10.6 Å². The molecule has 0 heterocycles. The van der Waals surface area contributed by atoms with Crippen LogP contribution in [0.3, 0.4) is 0 Å². The highest BCUT2D eigenvalue weighted by molar-refractivity contribution is 5.96. The van der Waals surface area contributed by atoms with E-state index in [1.165, 1.54) is 13.3 Å². The molecule has 0 aliphatic heterocycles. The van der Waals surface area contributed by atoms with E-state index >= 15 is 0 Å². The lowest BCUT2D eigenvalue weighted by Gasteiger charge is -2.15. The highest BCUT2D eigenvalue weighted by Gasteiger charge is 2.10. The van der Waals surface area contributed by atoms with Gasteiger partial charge in [-0.2, -0.15) is 0 Å². The predicted octanol–water partition coefficient (Wildman–Crippen LogP) is 3.59. The number of hydrogen-bond donors (Lipinski definition) is 2. The van der Waals surface area contributed by atoms with Gasteiger partial charge in [-0.3, -0.25) is 9.59 Å². The van der Waals surface area contributed by atoms with E-state index in [-0.39, 0.29) is 17.9 Å². The first kappa shape index (κ1) is 17.2. The first-order chi connectivity index (χ1) is 9.88. The molecule has 1 atom stereocenters. The van der Waals surface area contributed by atoms with Gasteiger partial charge in [-0.25, -0.2) is 0 Å². The van der Waals surface area contributed by atoms with Crippen LogP contribution >= 0.6 is 0 Å². The number of benzene rings is 1. The Hall–Kier alpha value is -1.84. The molecule has 0 saturated heterocycles. The van der Waals surface area contributed by atoms with Crippen LogP contribution in [0.1, 0.15) is 57.3 Å². The Kier molecular flexibility index (Phi) is 6.92. The number of anilines is 1. The average molecular weight is 290 g/mol. The van der Waals surface area contributed by atoms with Gasteiger partial charge in [0.05, 0.1) is 0 Å². The van der Waals surface area contributed by atoms with Crippen LogP contribution in [0.25, 0.3) is 0 Å². The third-order valence-electron chi connectivity index (χ3n) is 3.24. The molecule has 1 unspecified atom stereocenters. The minimum atomic E-state index is -0.144. The average Bonchev–Trinajstić information content (AvgIpc) is 2.37. The molecule has 4 heteroatoms. The molecular weight excluding hydrogens is 264 g/mol. The third kappa shape index (κ3) is 6.93. The van der Waals surface area contributed by atoms with Crippen LogP contribution in [0.2, 0.25) is 0 Å². The van der Waals surface area contributed by atoms with Gasteiger partial charge in [0.1, 0.15) is 0 Å². The number of rotatable bonds is 7. The predicted molar refractivity (Wildman–Crippen MR) is 86.4 cm³/mol. The maximum absolute atomic E-state index is 12.2. The lowest BCUT2D eigenvalue weighted by atomic mass is 10.0. The SMILES string of the molecule is CC(=O)Nc1cccc(C(=O)NC(C)CCCC(C)C)c1. The van der Waals surface area contributed by atoms with E-state index in [4.69, 9.17) is 0 Å². The van der Waals surface area contributed by atoms with E-state index in [1.807, 2.05) is 6.92 Å². The van der Waals surface area contributed by atoms with E-state index in [1.54, 1.807) is 24.3 Å². The molecule has 1 aromatic carbocycles. The highest BCUT2D eigenvalue weighted by atomic mass is 16.2. The summed E-state index contributed by atoms with van der Waals surface area (Å²) in [6, 6.07) is 7.13. The molecule has 0 bridgehead atoms. The first-order valence-electron chi connectivity index (χ1n) is 7.57. The van der Waals surface area contributed by atoms with E-state index in [2.05, 4.69) is 24.5 Å². The smallest absolute Gasteiger partial charge is 0.251 e. The van der Waals surface area contributed by atoms with Crippen molar-refractivity contribution in [3.05, 3.63) is 29.8 Å². The Morgan fingerprint density at radius 1 is 1.14 bits per heavy atom. The molecule has 0 radical (unpaired) electrons. The molecule has 116 valence electrons. The van der Waals surface area contributed by atoms with Gasteiger partial charge in [0.25, 0.3) is 5.91 Å². The number of nitrogens with one attached hydrogen (secondary N) is 2. The number of carbonyl (C=O) groups excluding carboxylic acids is 2. The zero-order chi connectivity index (χ0) is 15.8. The summed E-state index contributed by atoms with van der Waals surface area (Å²) in [7, 11) is 0. The second kappa shape index (κ2) is 8.45. The fraction of sp³-hybridized carbons (Fsp3) is 0.529. The summed E-state index contributed by atoms with van der Waals surface area (Å²) in [4.78, 5) is 23.2. The van der Waals surface area contributed by atoms with Crippen molar-refractivity contribution >= 4 is 17.5 Å².